The van der Waals surface area contributed by atoms with E-state index in [1.165, 1.54) is 6.21 Å². The minimum atomic E-state index is -0.103. The van der Waals surface area contributed by atoms with Crippen LogP contribution >= 0.6 is 15.9 Å². The Balaban J connectivity index is 1.65. The van der Waals surface area contributed by atoms with Crippen LogP contribution in [0, 0.1) is 0 Å². The van der Waals surface area contributed by atoms with E-state index in [-0.39, 0.29) is 5.91 Å². The number of hydrazone groups is 1. The van der Waals surface area contributed by atoms with Crippen molar-refractivity contribution < 1.29 is 13.9 Å². The third-order valence-corrected chi connectivity index (χ3v) is 3.16. The third-order valence-electron chi connectivity index (χ3n) is 2.73. The molecule has 0 saturated carbocycles. The fourth-order valence-corrected chi connectivity index (χ4v) is 2.02. The fraction of sp³-hybridized carbons (Fsp3) is 0.500. The smallest absolute Gasteiger partial charge is 0.241 e. The molecule has 2 heterocycles. The Morgan fingerprint density at radius 1 is 1.47 bits per heavy atom. The summed E-state index contributed by atoms with van der Waals surface area (Å²) in [6, 6.07) is 3.52. The Labute approximate surface area is 119 Å². The molecule has 2 rings (SSSR count). The second kappa shape index (κ2) is 7.42. The van der Waals surface area contributed by atoms with Crippen LogP contribution in [0.2, 0.25) is 0 Å². The molecule has 0 spiro atoms. The van der Waals surface area contributed by atoms with E-state index < -0.39 is 0 Å². The molecule has 0 unspecified atom stereocenters. The maximum absolute atomic E-state index is 11.6. The van der Waals surface area contributed by atoms with Crippen molar-refractivity contribution in [1.29, 1.82) is 0 Å². The highest BCUT2D eigenvalue weighted by Gasteiger charge is 2.11. The summed E-state index contributed by atoms with van der Waals surface area (Å²) in [5, 5.41) is 3.84. The zero-order chi connectivity index (χ0) is 13.5. The lowest BCUT2D eigenvalue weighted by Gasteiger charge is -2.25. The van der Waals surface area contributed by atoms with Gasteiger partial charge in [0.1, 0.15) is 5.76 Å². The van der Waals surface area contributed by atoms with Crippen LogP contribution in [-0.4, -0.2) is 49.9 Å². The summed E-state index contributed by atoms with van der Waals surface area (Å²) < 4.78 is 11.1. The maximum Gasteiger partial charge on any atom is 0.241 e. The van der Waals surface area contributed by atoms with Gasteiger partial charge in [-0.05, 0) is 28.1 Å². The molecule has 1 aliphatic rings. The van der Waals surface area contributed by atoms with Gasteiger partial charge in [0.25, 0.3) is 0 Å². The van der Waals surface area contributed by atoms with E-state index in [4.69, 9.17) is 9.15 Å². The third kappa shape index (κ3) is 5.14. The van der Waals surface area contributed by atoms with Gasteiger partial charge in [0.15, 0.2) is 4.67 Å². The zero-order valence-corrected chi connectivity index (χ0v) is 12.1. The van der Waals surface area contributed by atoms with Crippen LogP contribution in [0.1, 0.15) is 12.2 Å². The highest BCUT2D eigenvalue weighted by atomic mass is 79.9. The lowest BCUT2D eigenvalue weighted by Crippen LogP contribution is -2.38. The number of furan rings is 1. The SMILES string of the molecule is O=C(CCN1CCOCC1)NN=Cc1ccc(Br)o1. The lowest BCUT2D eigenvalue weighted by atomic mass is 10.3. The number of hydrogen-bond acceptors (Lipinski definition) is 5. The molecule has 1 saturated heterocycles. The van der Waals surface area contributed by atoms with Gasteiger partial charge in [-0.1, -0.05) is 0 Å². The van der Waals surface area contributed by atoms with Gasteiger partial charge in [-0.3, -0.25) is 9.69 Å². The Kier molecular flexibility index (Phi) is 5.56. The molecule has 6 nitrogen and oxygen atoms in total. The number of amides is 1. The van der Waals surface area contributed by atoms with Crippen LogP contribution in [0.5, 0.6) is 0 Å². The number of nitrogens with one attached hydrogen (secondary N) is 1. The van der Waals surface area contributed by atoms with Gasteiger partial charge in [0.2, 0.25) is 5.91 Å². The second-order valence-corrected chi connectivity index (χ2v) is 4.92. The zero-order valence-electron chi connectivity index (χ0n) is 10.5. The molecule has 0 bridgehead atoms. The van der Waals surface area contributed by atoms with Crippen LogP contribution < -0.4 is 5.43 Å². The molecular weight excluding hydrogens is 314 g/mol. The number of halogens is 1. The number of nitrogens with zero attached hydrogens (tertiary/aromatic N) is 2. The molecule has 1 fully saturated rings. The Hall–Kier alpha value is -1.18. The summed E-state index contributed by atoms with van der Waals surface area (Å²) in [7, 11) is 0. The molecule has 0 radical (unpaired) electrons. The summed E-state index contributed by atoms with van der Waals surface area (Å²) in [4.78, 5) is 13.8. The van der Waals surface area contributed by atoms with Crippen molar-refractivity contribution in [2.24, 2.45) is 5.10 Å². The lowest BCUT2D eigenvalue weighted by molar-refractivity contribution is -0.121. The summed E-state index contributed by atoms with van der Waals surface area (Å²) in [5.74, 6) is 0.480. The minimum absolute atomic E-state index is 0.103. The molecule has 1 aromatic rings. The predicted molar refractivity (Wildman–Crippen MR) is 74.0 cm³/mol. The Bertz CT molecular complexity index is 441. The van der Waals surface area contributed by atoms with Crippen LogP contribution in [0.3, 0.4) is 0 Å². The maximum atomic E-state index is 11.6. The van der Waals surface area contributed by atoms with E-state index in [1.54, 1.807) is 12.1 Å². The van der Waals surface area contributed by atoms with Crippen molar-refractivity contribution in [2.75, 3.05) is 32.8 Å². The average molecular weight is 330 g/mol. The normalized spacial score (nSPS) is 16.9. The predicted octanol–water partition coefficient (Wildman–Crippen LogP) is 1.21. The molecule has 19 heavy (non-hydrogen) atoms. The highest BCUT2D eigenvalue weighted by molar-refractivity contribution is 9.10. The number of morpholine rings is 1. The molecule has 1 amide bonds. The molecular formula is C12H16BrN3O3. The van der Waals surface area contributed by atoms with Gasteiger partial charge in [0.05, 0.1) is 19.4 Å². The summed E-state index contributed by atoms with van der Waals surface area (Å²) in [6.07, 6.45) is 1.90. The van der Waals surface area contributed by atoms with E-state index in [2.05, 4.69) is 31.4 Å². The van der Waals surface area contributed by atoms with E-state index in [1.807, 2.05) is 0 Å². The van der Waals surface area contributed by atoms with E-state index in [0.29, 0.717) is 16.9 Å². The largest absolute Gasteiger partial charge is 0.448 e. The summed E-state index contributed by atoms with van der Waals surface area (Å²) in [5.41, 5.74) is 2.48. The number of rotatable bonds is 5. The Morgan fingerprint density at radius 2 is 2.26 bits per heavy atom. The summed E-state index contributed by atoms with van der Waals surface area (Å²) >= 11 is 3.19. The number of hydrogen-bond donors (Lipinski definition) is 1. The standard InChI is InChI=1S/C12H16BrN3O3/c13-11-2-1-10(19-11)9-14-15-12(17)3-4-16-5-7-18-8-6-16/h1-2,9H,3-8H2,(H,15,17). The van der Waals surface area contributed by atoms with Crippen molar-refractivity contribution >= 4 is 28.1 Å². The first-order valence-electron chi connectivity index (χ1n) is 6.11. The van der Waals surface area contributed by atoms with Gasteiger partial charge >= 0.3 is 0 Å². The molecule has 104 valence electrons. The van der Waals surface area contributed by atoms with Gasteiger partial charge in [-0.25, -0.2) is 5.43 Å². The summed E-state index contributed by atoms with van der Waals surface area (Å²) in [6.45, 7) is 3.99. The second-order valence-electron chi connectivity index (χ2n) is 4.14. The quantitative estimate of drug-likeness (QED) is 0.651. The van der Waals surface area contributed by atoms with Gasteiger partial charge in [0, 0.05) is 26.1 Å². The minimum Gasteiger partial charge on any atom is -0.448 e. The van der Waals surface area contributed by atoms with Crippen LogP contribution in [0.15, 0.2) is 26.3 Å². The van der Waals surface area contributed by atoms with Crippen molar-refractivity contribution in [1.82, 2.24) is 10.3 Å². The molecule has 1 N–H and O–H groups in total. The molecule has 0 aromatic carbocycles. The van der Waals surface area contributed by atoms with Crippen molar-refractivity contribution in [3.63, 3.8) is 0 Å². The van der Waals surface area contributed by atoms with Crippen LogP contribution in [0.25, 0.3) is 0 Å². The number of ether oxygens (including phenoxy) is 1. The first-order chi connectivity index (χ1) is 9.24. The Morgan fingerprint density at radius 3 is 2.95 bits per heavy atom. The highest BCUT2D eigenvalue weighted by Crippen LogP contribution is 2.11. The van der Waals surface area contributed by atoms with E-state index in [9.17, 15) is 4.79 Å². The molecule has 1 aliphatic heterocycles. The first kappa shape index (κ1) is 14.2. The van der Waals surface area contributed by atoms with Crippen molar-refractivity contribution in [3.8, 4) is 0 Å². The average Bonchev–Trinajstić information content (AvgIpc) is 2.83. The van der Waals surface area contributed by atoms with Crippen LogP contribution in [0.4, 0.5) is 0 Å². The van der Waals surface area contributed by atoms with Gasteiger partial charge < -0.3 is 9.15 Å². The monoisotopic (exact) mass is 329 g/mol. The topological polar surface area (TPSA) is 67.1 Å². The molecule has 0 atom stereocenters. The number of carbonyl (C=O) groups excluding carboxylic acids is 1. The van der Waals surface area contributed by atoms with Gasteiger partial charge in [-0.15, -0.1) is 0 Å². The first-order valence-corrected chi connectivity index (χ1v) is 6.91. The molecule has 1 aromatic heterocycles. The van der Waals surface area contributed by atoms with Crippen molar-refractivity contribution in [3.05, 3.63) is 22.6 Å². The van der Waals surface area contributed by atoms with Gasteiger partial charge in [-0.2, -0.15) is 5.10 Å². The van der Waals surface area contributed by atoms with Crippen LogP contribution in [-0.2, 0) is 9.53 Å². The fourth-order valence-electron chi connectivity index (χ4n) is 1.71. The van der Waals surface area contributed by atoms with Crippen molar-refractivity contribution in [2.45, 2.75) is 6.42 Å². The van der Waals surface area contributed by atoms with E-state index in [0.717, 1.165) is 32.8 Å². The van der Waals surface area contributed by atoms with E-state index >= 15 is 0 Å². The number of carbonyl (C=O) groups is 1. The molecule has 7 heteroatoms. The molecule has 0 aliphatic carbocycles.